The average molecular weight is 487 g/mol. The van der Waals surface area contributed by atoms with Crippen LogP contribution in [0.4, 0.5) is 4.79 Å². The van der Waals surface area contributed by atoms with Gasteiger partial charge in [-0.25, -0.2) is 9.59 Å². The first-order valence-corrected chi connectivity index (χ1v) is 11.6. The molecule has 0 aliphatic heterocycles. The van der Waals surface area contributed by atoms with Gasteiger partial charge in [0.05, 0.1) is 12.7 Å². The number of methoxy groups -OCH3 is 1. The quantitative estimate of drug-likeness (QED) is 0.294. The fourth-order valence-corrected chi connectivity index (χ4v) is 4.81. The Bertz CT molecular complexity index is 1380. The molecule has 3 aromatic carbocycles. The Morgan fingerprint density at radius 1 is 1.00 bits per heavy atom. The van der Waals surface area contributed by atoms with Crippen molar-refractivity contribution in [3.8, 4) is 11.1 Å². The van der Waals surface area contributed by atoms with Gasteiger partial charge in [0.25, 0.3) is 0 Å². The minimum absolute atomic E-state index is 0.0806. The van der Waals surface area contributed by atoms with Gasteiger partial charge in [0.2, 0.25) is 0 Å². The highest BCUT2D eigenvalue weighted by Crippen LogP contribution is 2.44. The highest BCUT2D eigenvalue weighted by molar-refractivity contribution is 6.04. The number of aliphatic hydroxyl groups excluding tert-OH is 2. The SMILES string of the molecule is COC(=O)c1cc(C(O)C(O)CNC(=O)OCC2c3ccccc3-c3ccccc32)cc2[nH]ccc12. The zero-order chi connectivity index (χ0) is 25.2. The highest BCUT2D eigenvalue weighted by Gasteiger charge is 2.29. The number of carbonyl (C=O) groups excluding carboxylic acids is 2. The molecule has 0 saturated heterocycles. The van der Waals surface area contributed by atoms with Crippen LogP contribution in [0.25, 0.3) is 22.0 Å². The first kappa shape index (κ1) is 23.6. The number of hydrogen-bond acceptors (Lipinski definition) is 6. The lowest BCUT2D eigenvalue weighted by Gasteiger charge is -2.20. The molecule has 0 bridgehead atoms. The van der Waals surface area contributed by atoms with Gasteiger partial charge in [-0.05, 0) is 46.0 Å². The molecule has 8 nitrogen and oxygen atoms in total. The lowest BCUT2D eigenvalue weighted by atomic mass is 9.98. The summed E-state index contributed by atoms with van der Waals surface area (Å²) in [5, 5.41) is 24.4. The van der Waals surface area contributed by atoms with Crippen LogP contribution >= 0.6 is 0 Å². The molecule has 4 N–H and O–H groups in total. The number of rotatable bonds is 7. The fraction of sp³-hybridized carbons (Fsp3) is 0.214. The first-order valence-electron chi connectivity index (χ1n) is 11.6. The zero-order valence-corrected chi connectivity index (χ0v) is 19.6. The van der Waals surface area contributed by atoms with Crippen molar-refractivity contribution >= 4 is 23.0 Å². The van der Waals surface area contributed by atoms with E-state index in [4.69, 9.17) is 9.47 Å². The molecule has 0 saturated carbocycles. The topological polar surface area (TPSA) is 121 Å². The molecule has 4 aromatic rings. The van der Waals surface area contributed by atoms with Gasteiger partial charge in [0.15, 0.2) is 0 Å². The molecule has 2 atom stereocenters. The Morgan fingerprint density at radius 3 is 2.33 bits per heavy atom. The van der Waals surface area contributed by atoms with E-state index in [0.717, 1.165) is 22.3 Å². The Kier molecular flexibility index (Phi) is 6.45. The van der Waals surface area contributed by atoms with Crippen molar-refractivity contribution in [3.63, 3.8) is 0 Å². The molecule has 1 heterocycles. The third-order valence-electron chi connectivity index (χ3n) is 6.60. The largest absolute Gasteiger partial charge is 0.465 e. The summed E-state index contributed by atoms with van der Waals surface area (Å²) in [5.74, 6) is -0.636. The Hall–Kier alpha value is -4.14. The van der Waals surface area contributed by atoms with Crippen molar-refractivity contribution < 1.29 is 29.3 Å². The van der Waals surface area contributed by atoms with Crippen LogP contribution in [0.2, 0.25) is 0 Å². The summed E-state index contributed by atoms with van der Waals surface area (Å²) in [6.45, 7) is -0.0986. The van der Waals surface area contributed by atoms with Crippen LogP contribution in [0.5, 0.6) is 0 Å². The number of nitrogens with one attached hydrogen (secondary N) is 2. The third kappa shape index (κ3) is 4.32. The molecule has 1 aliphatic carbocycles. The maximum absolute atomic E-state index is 12.4. The van der Waals surface area contributed by atoms with Crippen molar-refractivity contribution in [1.82, 2.24) is 10.3 Å². The van der Waals surface area contributed by atoms with Crippen LogP contribution in [0.15, 0.2) is 72.9 Å². The molecule has 8 heteroatoms. The minimum Gasteiger partial charge on any atom is -0.465 e. The summed E-state index contributed by atoms with van der Waals surface area (Å²) in [7, 11) is 1.27. The third-order valence-corrected chi connectivity index (χ3v) is 6.60. The predicted molar refractivity (Wildman–Crippen MR) is 134 cm³/mol. The van der Waals surface area contributed by atoms with Gasteiger partial charge in [-0.3, -0.25) is 0 Å². The summed E-state index contributed by atoms with van der Waals surface area (Å²) in [4.78, 5) is 27.6. The van der Waals surface area contributed by atoms with Crippen molar-refractivity contribution in [2.24, 2.45) is 0 Å². The second kappa shape index (κ2) is 9.85. The van der Waals surface area contributed by atoms with Gasteiger partial charge < -0.3 is 30.0 Å². The second-order valence-corrected chi connectivity index (χ2v) is 8.72. The Balaban J connectivity index is 1.22. The fourth-order valence-electron chi connectivity index (χ4n) is 4.81. The molecule has 1 amide bonds. The highest BCUT2D eigenvalue weighted by atomic mass is 16.5. The molecule has 0 spiro atoms. The predicted octanol–water partition coefficient (Wildman–Crippen LogP) is 3.89. The van der Waals surface area contributed by atoms with E-state index >= 15 is 0 Å². The molecule has 0 radical (unpaired) electrons. The molecule has 2 unspecified atom stereocenters. The standard InChI is InChI=1S/C28H26N2O6/c1-35-27(33)22-12-16(13-24-21(22)10-11-29-24)26(32)25(31)14-30-28(34)36-15-23-19-8-4-2-6-17(19)18-7-3-5-9-20(18)23/h2-13,23,25-26,29,31-32H,14-15H2,1H3,(H,30,34). The number of aromatic amines is 1. The number of H-pyrrole nitrogens is 1. The summed E-state index contributed by atoms with van der Waals surface area (Å²) >= 11 is 0. The molecular formula is C28H26N2O6. The number of esters is 1. The molecule has 5 rings (SSSR count). The maximum Gasteiger partial charge on any atom is 0.407 e. The average Bonchev–Trinajstić information content (AvgIpc) is 3.51. The van der Waals surface area contributed by atoms with Crippen LogP contribution in [0.3, 0.4) is 0 Å². The van der Waals surface area contributed by atoms with Gasteiger partial charge in [-0.1, -0.05) is 48.5 Å². The van der Waals surface area contributed by atoms with Crippen LogP contribution in [0, 0.1) is 0 Å². The lowest BCUT2D eigenvalue weighted by Crippen LogP contribution is -2.36. The molecule has 36 heavy (non-hydrogen) atoms. The number of fused-ring (bicyclic) bond motifs is 4. The van der Waals surface area contributed by atoms with E-state index < -0.39 is 24.3 Å². The van der Waals surface area contributed by atoms with Crippen molar-refractivity contribution in [1.29, 1.82) is 0 Å². The number of benzene rings is 3. The van der Waals surface area contributed by atoms with E-state index in [1.54, 1.807) is 18.3 Å². The van der Waals surface area contributed by atoms with Crippen molar-refractivity contribution in [2.45, 2.75) is 18.1 Å². The van der Waals surface area contributed by atoms with E-state index in [1.807, 2.05) is 36.4 Å². The molecular weight excluding hydrogens is 460 g/mol. The smallest absolute Gasteiger partial charge is 0.407 e. The number of aliphatic hydroxyl groups is 2. The van der Waals surface area contributed by atoms with Crippen LogP contribution < -0.4 is 5.32 Å². The van der Waals surface area contributed by atoms with E-state index in [9.17, 15) is 19.8 Å². The monoisotopic (exact) mass is 486 g/mol. The molecule has 0 fully saturated rings. The van der Waals surface area contributed by atoms with Gasteiger partial charge >= 0.3 is 12.1 Å². The van der Waals surface area contributed by atoms with E-state index in [1.165, 1.54) is 13.2 Å². The van der Waals surface area contributed by atoms with Gasteiger partial charge in [-0.2, -0.15) is 0 Å². The molecule has 184 valence electrons. The van der Waals surface area contributed by atoms with Crippen molar-refractivity contribution in [3.05, 3.63) is 95.2 Å². The normalized spacial score (nSPS) is 14.1. The van der Waals surface area contributed by atoms with Crippen LogP contribution in [0.1, 0.15) is 39.1 Å². The van der Waals surface area contributed by atoms with E-state index in [-0.39, 0.29) is 24.6 Å². The molecule has 1 aliphatic rings. The van der Waals surface area contributed by atoms with E-state index in [2.05, 4.69) is 22.4 Å². The second-order valence-electron chi connectivity index (χ2n) is 8.72. The number of ether oxygens (including phenoxy) is 2. The zero-order valence-electron chi connectivity index (χ0n) is 19.6. The number of amides is 1. The van der Waals surface area contributed by atoms with Gasteiger partial charge in [-0.15, -0.1) is 0 Å². The number of aromatic nitrogens is 1. The first-order chi connectivity index (χ1) is 17.5. The van der Waals surface area contributed by atoms with Crippen LogP contribution in [-0.4, -0.2) is 53.6 Å². The van der Waals surface area contributed by atoms with Gasteiger partial charge in [0, 0.05) is 29.6 Å². The summed E-state index contributed by atoms with van der Waals surface area (Å²) in [5.41, 5.74) is 5.65. The Labute approximate surface area is 207 Å². The van der Waals surface area contributed by atoms with Crippen molar-refractivity contribution in [2.75, 3.05) is 20.3 Å². The molecule has 1 aromatic heterocycles. The summed E-state index contributed by atoms with van der Waals surface area (Å²) in [6, 6.07) is 20.9. The van der Waals surface area contributed by atoms with Crippen LogP contribution in [-0.2, 0) is 9.47 Å². The Morgan fingerprint density at radius 2 is 1.67 bits per heavy atom. The minimum atomic E-state index is -1.35. The number of carbonyl (C=O) groups is 2. The maximum atomic E-state index is 12.4. The van der Waals surface area contributed by atoms with Gasteiger partial charge in [0.1, 0.15) is 18.8 Å². The summed E-state index contributed by atoms with van der Waals surface area (Å²) < 4.78 is 10.3. The lowest BCUT2D eigenvalue weighted by molar-refractivity contribution is 0.0185. The number of alkyl carbamates (subject to hydrolysis) is 1. The number of hydrogen-bond donors (Lipinski definition) is 4. The van der Waals surface area contributed by atoms with E-state index in [0.29, 0.717) is 16.5 Å². The summed E-state index contributed by atoms with van der Waals surface area (Å²) in [6.07, 6.45) is -1.71.